The molecule has 0 radical (unpaired) electrons. The molecule has 1 aromatic heterocycles. The Kier molecular flexibility index (Phi) is 7.24. The summed E-state index contributed by atoms with van der Waals surface area (Å²) in [6.07, 6.45) is 2.87. The monoisotopic (exact) mass is 144 g/mol. The van der Waals surface area contributed by atoms with Crippen LogP contribution in [-0.4, -0.2) is 11.5 Å². The van der Waals surface area contributed by atoms with Crippen molar-refractivity contribution < 1.29 is 0 Å². The number of rotatable bonds is 1. The van der Waals surface area contributed by atoms with Crippen molar-refractivity contribution in [2.45, 2.75) is 13.3 Å². The second-order valence-corrected chi connectivity index (χ2v) is 2.22. The Hall–Kier alpha value is -0.410. The predicted octanol–water partition coefficient (Wildman–Crippen LogP) is 1.50. The number of nitrogens with two attached hydrogens (primary N) is 1. The van der Waals surface area contributed by atoms with Gasteiger partial charge in [-0.25, -0.2) is 0 Å². The Morgan fingerprint density at radius 2 is 2.33 bits per heavy atom. The molecule has 2 N–H and O–H groups in total. The number of aromatic nitrogens is 1. The van der Waals surface area contributed by atoms with Crippen LogP contribution in [0, 0.1) is 0 Å². The van der Waals surface area contributed by atoms with Gasteiger partial charge in [0, 0.05) is 11.6 Å². The predicted molar refractivity (Wildman–Crippen MR) is 41.5 cm³/mol. The van der Waals surface area contributed by atoms with Crippen molar-refractivity contribution in [1.82, 2.24) is 4.98 Å². The lowest BCUT2D eigenvalue weighted by Crippen LogP contribution is -1.93. The first-order chi connectivity index (χ1) is 4.41. The molecule has 0 aliphatic carbocycles. The fraction of sp³-hybridized carbons (Fsp3) is 0.500. The topological polar surface area (TPSA) is 38.9 Å². The highest BCUT2D eigenvalue weighted by Crippen LogP contribution is 1.85. The minimum atomic E-state index is 0.819. The van der Waals surface area contributed by atoms with Gasteiger partial charge >= 0.3 is 0 Å². The Bertz CT molecular complexity index is 86.6. The molecule has 2 nitrogen and oxygen atoms in total. The van der Waals surface area contributed by atoms with Gasteiger partial charge in [-0.15, -0.1) is 11.3 Å². The Morgan fingerprint density at radius 1 is 1.67 bits per heavy atom. The molecule has 1 aromatic rings. The molecule has 9 heavy (non-hydrogen) atoms. The van der Waals surface area contributed by atoms with Gasteiger partial charge in [-0.1, -0.05) is 6.92 Å². The normalized spacial score (nSPS) is 7.78. The fourth-order valence-electron chi connectivity index (χ4n) is 0.176. The highest BCUT2D eigenvalue weighted by atomic mass is 32.1. The van der Waals surface area contributed by atoms with E-state index < -0.39 is 0 Å². The Morgan fingerprint density at radius 3 is 2.44 bits per heavy atom. The summed E-state index contributed by atoms with van der Waals surface area (Å²) in [6.45, 7) is 2.88. The highest BCUT2D eigenvalue weighted by Gasteiger charge is 1.59. The van der Waals surface area contributed by atoms with E-state index in [2.05, 4.69) is 11.9 Å². The standard InChI is InChI=1S/C3H3NS.C3H9N/c1-2-5-3-4-1;1-2-3-4/h1-3H;2-4H2,1H3. The lowest BCUT2D eigenvalue weighted by Gasteiger charge is -1.70. The van der Waals surface area contributed by atoms with Gasteiger partial charge in [0.2, 0.25) is 0 Å². The lowest BCUT2D eigenvalue weighted by molar-refractivity contribution is 0.932. The first-order valence-electron chi connectivity index (χ1n) is 2.94. The summed E-state index contributed by atoms with van der Waals surface area (Å²) in [5.74, 6) is 0. The summed E-state index contributed by atoms with van der Waals surface area (Å²) in [6, 6.07) is 0. The van der Waals surface area contributed by atoms with E-state index in [9.17, 15) is 0 Å². The van der Waals surface area contributed by atoms with Crippen LogP contribution in [0.5, 0.6) is 0 Å². The molecule has 1 heterocycles. The van der Waals surface area contributed by atoms with E-state index in [1.54, 1.807) is 23.0 Å². The van der Waals surface area contributed by atoms with Crippen LogP contribution < -0.4 is 5.73 Å². The minimum absolute atomic E-state index is 0.819. The molecule has 0 unspecified atom stereocenters. The second kappa shape index (κ2) is 7.59. The molecule has 0 fully saturated rings. The maximum atomic E-state index is 5.03. The first-order valence-corrected chi connectivity index (χ1v) is 3.88. The molecule has 3 heteroatoms. The van der Waals surface area contributed by atoms with Crippen molar-refractivity contribution in [2.24, 2.45) is 5.73 Å². The molecule has 0 saturated heterocycles. The molecule has 0 aliphatic heterocycles. The number of thiazole rings is 1. The average molecular weight is 144 g/mol. The summed E-state index contributed by atoms with van der Waals surface area (Å²) >= 11 is 1.60. The van der Waals surface area contributed by atoms with E-state index in [4.69, 9.17) is 5.73 Å². The van der Waals surface area contributed by atoms with Crippen LogP contribution in [0.1, 0.15) is 13.3 Å². The summed E-state index contributed by atoms with van der Waals surface area (Å²) in [4.78, 5) is 3.74. The number of hydrogen-bond acceptors (Lipinski definition) is 3. The van der Waals surface area contributed by atoms with Crippen molar-refractivity contribution >= 4 is 11.3 Å². The molecule has 0 bridgehead atoms. The largest absolute Gasteiger partial charge is 0.330 e. The minimum Gasteiger partial charge on any atom is -0.330 e. The lowest BCUT2D eigenvalue weighted by atomic mass is 10.5. The number of hydrogen-bond donors (Lipinski definition) is 1. The molecule has 0 aromatic carbocycles. The maximum Gasteiger partial charge on any atom is 0.0791 e. The van der Waals surface area contributed by atoms with Crippen molar-refractivity contribution in [3.63, 3.8) is 0 Å². The smallest absolute Gasteiger partial charge is 0.0791 e. The zero-order valence-electron chi connectivity index (χ0n) is 5.58. The van der Waals surface area contributed by atoms with Gasteiger partial charge in [0.25, 0.3) is 0 Å². The third-order valence-electron chi connectivity index (χ3n) is 0.636. The van der Waals surface area contributed by atoms with Gasteiger partial charge in [-0.05, 0) is 13.0 Å². The number of nitrogens with zero attached hydrogens (tertiary/aromatic N) is 1. The third kappa shape index (κ3) is 7.59. The Labute approximate surface area is 59.7 Å². The molecule has 0 spiro atoms. The molecule has 52 valence electrons. The van der Waals surface area contributed by atoms with E-state index in [0.717, 1.165) is 13.0 Å². The van der Waals surface area contributed by atoms with E-state index >= 15 is 0 Å². The summed E-state index contributed by atoms with van der Waals surface area (Å²) in [5, 5.41) is 1.93. The van der Waals surface area contributed by atoms with Crippen molar-refractivity contribution in [1.29, 1.82) is 0 Å². The molecule has 0 atom stereocenters. The quantitative estimate of drug-likeness (QED) is 0.648. The van der Waals surface area contributed by atoms with Crippen LogP contribution in [0.4, 0.5) is 0 Å². The summed E-state index contributed by atoms with van der Waals surface area (Å²) in [5.41, 5.74) is 6.82. The van der Waals surface area contributed by atoms with Crippen LogP contribution in [0.3, 0.4) is 0 Å². The van der Waals surface area contributed by atoms with Gasteiger partial charge in [-0.2, -0.15) is 0 Å². The van der Waals surface area contributed by atoms with Crippen molar-refractivity contribution in [3.8, 4) is 0 Å². The highest BCUT2D eigenvalue weighted by molar-refractivity contribution is 7.07. The van der Waals surface area contributed by atoms with Crippen LogP contribution in [-0.2, 0) is 0 Å². The zero-order valence-corrected chi connectivity index (χ0v) is 6.40. The summed E-state index contributed by atoms with van der Waals surface area (Å²) < 4.78 is 0. The van der Waals surface area contributed by atoms with E-state index in [-0.39, 0.29) is 0 Å². The average Bonchev–Trinajstić information content (AvgIpc) is 2.43. The zero-order chi connectivity index (χ0) is 6.95. The van der Waals surface area contributed by atoms with Crippen LogP contribution in [0.2, 0.25) is 0 Å². The van der Waals surface area contributed by atoms with Crippen molar-refractivity contribution in [3.05, 3.63) is 17.1 Å². The van der Waals surface area contributed by atoms with Crippen LogP contribution >= 0.6 is 11.3 Å². The molecular formula is C6H12N2S. The maximum absolute atomic E-state index is 5.03. The van der Waals surface area contributed by atoms with E-state index in [1.807, 2.05) is 5.38 Å². The van der Waals surface area contributed by atoms with Crippen molar-refractivity contribution in [2.75, 3.05) is 6.54 Å². The Balaban J connectivity index is 0.000000148. The first kappa shape index (κ1) is 8.59. The van der Waals surface area contributed by atoms with Gasteiger partial charge in [0.1, 0.15) is 0 Å². The molecule has 1 rings (SSSR count). The van der Waals surface area contributed by atoms with E-state index in [1.165, 1.54) is 0 Å². The third-order valence-corrected chi connectivity index (χ3v) is 1.16. The second-order valence-electron chi connectivity index (χ2n) is 1.46. The van der Waals surface area contributed by atoms with E-state index in [0.29, 0.717) is 0 Å². The molecule has 0 amide bonds. The SMILES string of the molecule is CCCN.c1cscn1. The van der Waals surface area contributed by atoms with Crippen LogP contribution in [0.15, 0.2) is 17.1 Å². The van der Waals surface area contributed by atoms with Gasteiger partial charge in [-0.3, -0.25) is 4.98 Å². The summed E-state index contributed by atoms with van der Waals surface area (Å²) in [7, 11) is 0. The van der Waals surface area contributed by atoms with Gasteiger partial charge < -0.3 is 5.73 Å². The molecular weight excluding hydrogens is 132 g/mol. The molecule has 0 aliphatic rings. The van der Waals surface area contributed by atoms with Gasteiger partial charge in [0.05, 0.1) is 5.51 Å². The van der Waals surface area contributed by atoms with Gasteiger partial charge in [0.15, 0.2) is 0 Å². The van der Waals surface area contributed by atoms with Crippen LogP contribution in [0.25, 0.3) is 0 Å². The fourth-order valence-corrected chi connectivity index (χ4v) is 0.527. The molecule has 0 saturated carbocycles.